The fraction of sp³-hybridized carbons (Fsp3) is 0.281. The SMILES string of the molecule is Cc1ccc(S(=O)(=O)N2CC[C@]34C=CC(=O)C[C@H]3[C@H]3C(=C4C2)N(S(=O)(=O)c2ccc(C)cc2)c2ccccc23)cc1. The summed E-state index contributed by atoms with van der Waals surface area (Å²) in [5.41, 5.74) is 4.11. The van der Waals surface area contributed by atoms with Crippen molar-refractivity contribution in [3.8, 4) is 0 Å². The average Bonchev–Trinajstić information content (AvgIpc) is 3.44. The van der Waals surface area contributed by atoms with Gasteiger partial charge in [-0.1, -0.05) is 59.7 Å². The highest BCUT2D eigenvalue weighted by atomic mass is 32.2. The molecule has 1 saturated heterocycles. The molecule has 41 heavy (non-hydrogen) atoms. The van der Waals surface area contributed by atoms with E-state index in [1.807, 2.05) is 38.1 Å². The van der Waals surface area contributed by atoms with Crippen LogP contribution in [0.2, 0.25) is 0 Å². The molecule has 0 radical (unpaired) electrons. The van der Waals surface area contributed by atoms with Crippen molar-refractivity contribution in [1.82, 2.24) is 4.31 Å². The number of hydrogen-bond donors (Lipinski definition) is 0. The molecule has 9 heteroatoms. The molecular formula is C32H30N2O5S2. The molecule has 4 aliphatic rings. The number of ketones is 1. The Balaban J connectivity index is 1.44. The number of anilines is 1. The minimum atomic E-state index is -4.04. The first-order chi connectivity index (χ1) is 19.5. The molecule has 2 aliphatic heterocycles. The van der Waals surface area contributed by atoms with Gasteiger partial charge in [-0.15, -0.1) is 0 Å². The molecule has 3 aromatic rings. The van der Waals surface area contributed by atoms with Crippen LogP contribution in [0.5, 0.6) is 0 Å². The molecule has 2 heterocycles. The van der Waals surface area contributed by atoms with Crippen molar-refractivity contribution >= 4 is 31.5 Å². The number of benzene rings is 3. The Bertz CT molecular complexity index is 1880. The van der Waals surface area contributed by atoms with Gasteiger partial charge in [0.25, 0.3) is 10.0 Å². The lowest BCUT2D eigenvalue weighted by atomic mass is 9.63. The fourth-order valence-corrected chi connectivity index (χ4v) is 10.2. The average molecular weight is 587 g/mol. The van der Waals surface area contributed by atoms with E-state index in [1.165, 1.54) is 8.61 Å². The lowest BCUT2D eigenvalue weighted by Gasteiger charge is -2.45. The number of aryl methyl sites for hydroxylation is 2. The molecular weight excluding hydrogens is 556 g/mol. The van der Waals surface area contributed by atoms with E-state index in [0.29, 0.717) is 17.8 Å². The molecule has 1 spiro atoms. The lowest BCUT2D eigenvalue weighted by Crippen LogP contribution is -2.47. The van der Waals surface area contributed by atoms with E-state index < -0.39 is 25.5 Å². The summed E-state index contributed by atoms with van der Waals surface area (Å²) in [6.45, 7) is 4.15. The summed E-state index contributed by atoms with van der Waals surface area (Å²) in [6.07, 6.45) is 4.29. The number of carbonyl (C=O) groups is 1. The molecule has 0 bridgehead atoms. The Morgan fingerprint density at radius 1 is 0.805 bits per heavy atom. The number of hydrogen-bond acceptors (Lipinski definition) is 5. The van der Waals surface area contributed by atoms with E-state index in [9.17, 15) is 21.6 Å². The second-order valence-corrected chi connectivity index (χ2v) is 15.3. The summed E-state index contributed by atoms with van der Waals surface area (Å²) in [5.74, 6) is -0.515. The summed E-state index contributed by atoms with van der Waals surface area (Å²) in [6, 6.07) is 21.0. The van der Waals surface area contributed by atoms with Crippen LogP contribution in [-0.2, 0) is 24.8 Å². The monoisotopic (exact) mass is 586 g/mol. The van der Waals surface area contributed by atoms with Crippen LogP contribution in [0.1, 0.15) is 35.4 Å². The van der Waals surface area contributed by atoms with Crippen LogP contribution in [0.4, 0.5) is 5.69 Å². The van der Waals surface area contributed by atoms with Crippen LogP contribution in [0, 0.1) is 25.2 Å². The lowest BCUT2D eigenvalue weighted by molar-refractivity contribution is -0.117. The van der Waals surface area contributed by atoms with Gasteiger partial charge in [0.05, 0.1) is 15.5 Å². The highest BCUT2D eigenvalue weighted by Crippen LogP contribution is 2.67. The molecule has 0 aromatic heterocycles. The van der Waals surface area contributed by atoms with E-state index in [0.717, 1.165) is 22.3 Å². The number of sulfonamides is 2. The Kier molecular flexibility index (Phi) is 5.78. The van der Waals surface area contributed by atoms with Crippen molar-refractivity contribution in [2.75, 3.05) is 17.4 Å². The molecule has 210 valence electrons. The van der Waals surface area contributed by atoms with E-state index in [2.05, 4.69) is 0 Å². The number of piperidine rings is 1. The summed E-state index contributed by atoms with van der Waals surface area (Å²) >= 11 is 0. The van der Waals surface area contributed by atoms with Crippen LogP contribution in [0.3, 0.4) is 0 Å². The number of fused-ring (bicyclic) bond motifs is 4. The van der Waals surface area contributed by atoms with E-state index in [4.69, 9.17) is 0 Å². The summed E-state index contributed by atoms with van der Waals surface area (Å²) in [5, 5.41) is 0. The number of rotatable bonds is 4. The standard InChI is InChI=1S/C32H30N2O5S2/c1-21-7-11-24(12-8-21)40(36,37)33-18-17-32-16-15-23(35)19-27(32)30-26-5-3-4-6-29(26)34(31(30)28(32)20-33)41(38,39)25-13-9-22(2)10-14-25/h3-16,27,30H,17-20H2,1-2H3/t27-,30-,32+/m0/s1. The smallest absolute Gasteiger partial charge is 0.268 e. The van der Waals surface area contributed by atoms with E-state index in [-0.39, 0.29) is 46.9 Å². The minimum absolute atomic E-state index is 0.00764. The van der Waals surface area contributed by atoms with Crippen molar-refractivity contribution in [3.05, 3.63) is 113 Å². The fourth-order valence-electron chi connectivity index (χ4n) is 7.22. The zero-order valence-corrected chi connectivity index (χ0v) is 24.5. The predicted molar refractivity (Wildman–Crippen MR) is 156 cm³/mol. The quantitative estimate of drug-likeness (QED) is 0.425. The summed E-state index contributed by atoms with van der Waals surface area (Å²) in [4.78, 5) is 13.2. The van der Waals surface area contributed by atoms with Crippen LogP contribution in [-0.4, -0.2) is 40.0 Å². The van der Waals surface area contributed by atoms with Gasteiger partial charge in [0.15, 0.2) is 5.78 Å². The maximum absolute atomic E-state index is 14.4. The van der Waals surface area contributed by atoms with Crippen molar-refractivity contribution < 1.29 is 21.6 Å². The zero-order valence-electron chi connectivity index (χ0n) is 22.8. The van der Waals surface area contributed by atoms with Crippen molar-refractivity contribution in [3.63, 3.8) is 0 Å². The van der Waals surface area contributed by atoms with Gasteiger partial charge < -0.3 is 0 Å². The largest absolute Gasteiger partial charge is 0.295 e. The Morgan fingerprint density at radius 3 is 2.07 bits per heavy atom. The number of allylic oxidation sites excluding steroid dienone is 3. The molecule has 7 nitrogen and oxygen atoms in total. The van der Waals surface area contributed by atoms with Crippen LogP contribution < -0.4 is 4.31 Å². The third kappa shape index (κ3) is 3.75. The number of carbonyl (C=O) groups excluding carboxylic acids is 1. The Morgan fingerprint density at radius 2 is 1.41 bits per heavy atom. The topological polar surface area (TPSA) is 91.8 Å². The van der Waals surface area contributed by atoms with Gasteiger partial charge in [-0.05, 0) is 73.7 Å². The third-order valence-corrected chi connectivity index (χ3v) is 12.9. The van der Waals surface area contributed by atoms with Crippen LogP contribution >= 0.6 is 0 Å². The van der Waals surface area contributed by atoms with E-state index in [1.54, 1.807) is 60.7 Å². The van der Waals surface area contributed by atoms with Gasteiger partial charge in [0.1, 0.15) is 0 Å². The van der Waals surface area contributed by atoms with Crippen molar-refractivity contribution in [1.29, 1.82) is 0 Å². The molecule has 2 aliphatic carbocycles. The zero-order chi connectivity index (χ0) is 28.7. The Hall–Kier alpha value is -3.53. The van der Waals surface area contributed by atoms with Gasteiger partial charge in [0.2, 0.25) is 10.0 Å². The van der Waals surface area contributed by atoms with Gasteiger partial charge in [-0.25, -0.2) is 21.1 Å². The van der Waals surface area contributed by atoms with Gasteiger partial charge in [-0.2, -0.15) is 4.31 Å². The first-order valence-electron chi connectivity index (χ1n) is 13.8. The maximum Gasteiger partial charge on any atom is 0.268 e. The van der Waals surface area contributed by atoms with Crippen LogP contribution in [0.15, 0.2) is 106 Å². The predicted octanol–water partition coefficient (Wildman–Crippen LogP) is 5.09. The molecule has 0 unspecified atom stereocenters. The first-order valence-corrected chi connectivity index (χ1v) is 16.7. The molecule has 7 rings (SSSR count). The molecule has 0 amide bonds. The first kappa shape index (κ1) is 26.4. The van der Waals surface area contributed by atoms with Crippen molar-refractivity contribution in [2.24, 2.45) is 11.3 Å². The highest BCUT2D eigenvalue weighted by molar-refractivity contribution is 7.93. The molecule has 0 N–H and O–H groups in total. The Labute approximate surface area is 240 Å². The summed E-state index contributed by atoms with van der Waals surface area (Å²) < 4.78 is 59.4. The minimum Gasteiger partial charge on any atom is -0.295 e. The third-order valence-electron chi connectivity index (χ3n) is 9.25. The highest BCUT2D eigenvalue weighted by Gasteiger charge is 2.61. The van der Waals surface area contributed by atoms with Crippen LogP contribution in [0.25, 0.3) is 0 Å². The summed E-state index contributed by atoms with van der Waals surface area (Å²) in [7, 11) is -7.88. The van der Waals surface area contributed by atoms with Gasteiger partial charge >= 0.3 is 0 Å². The van der Waals surface area contributed by atoms with Crippen molar-refractivity contribution in [2.45, 2.75) is 42.4 Å². The number of nitrogens with zero attached hydrogens (tertiary/aromatic N) is 2. The van der Waals surface area contributed by atoms with E-state index >= 15 is 0 Å². The second kappa shape index (κ2) is 8.98. The second-order valence-electron chi connectivity index (χ2n) is 11.5. The van der Waals surface area contributed by atoms with Gasteiger partial charge in [-0.3, -0.25) is 4.79 Å². The molecule has 0 saturated carbocycles. The molecule has 3 aromatic carbocycles. The molecule has 3 atom stereocenters. The maximum atomic E-state index is 14.4. The molecule has 1 fully saturated rings. The normalized spacial score (nSPS) is 25.6. The van der Waals surface area contributed by atoms with Gasteiger partial charge in [0, 0.05) is 36.5 Å². The number of para-hydroxylation sites is 1.